The Balaban J connectivity index is 1.70. The van der Waals surface area contributed by atoms with Crippen molar-refractivity contribution in [3.63, 3.8) is 0 Å². The van der Waals surface area contributed by atoms with Crippen LogP contribution >= 0.6 is 0 Å². The minimum Gasteiger partial charge on any atom is -0.494 e. The van der Waals surface area contributed by atoms with E-state index in [-0.39, 0.29) is 0 Å². The number of nitrogens with one attached hydrogen (secondary N) is 1. The number of fused-ring (bicyclic) bond motifs is 1. The van der Waals surface area contributed by atoms with Crippen molar-refractivity contribution in [1.29, 1.82) is 0 Å². The lowest BCUT2D eigenvalue weighted by Crippen LogP contribution is -2.15. The van der Waals surface area contributed by atoms with Crippen LogP contribution in [0.3, 0.4) is 0 Å². The van der Waals surface area contributed by atoms with Gasteiger partial charge in [-0.05, 0) is 55.0 Å². The second-order valence-electron chi connectivity index (χ2n) is 6.50. The number of aliphatic imine (C=N–C) groups is 2. The van der Waals surface area contributed by atoms with Gasteiger partial charge >= 0.3 is 0 Å². The van der Waals surface area contributed by atoms with E-state index >= 15 is 0 Å². The third kappa shape index (κ3) is 4.09. The molecule has 0 radical (unpaired) electrons. The first-order valence-corrected chi connectivity index (χ1v) is 9.50. The molecular formula is C23H22N4O. The smallest absolute Gasteiger partial charge is 0.162 e. The lowest BCUT2D eigenvalue weighted by atomic mass is 10.2. The molecule has 28 heavy (non-hydrogen) atoms. The number of unbranched alkanes of at least 4 members (excludes halogenated alkanes) is 1. The Bertz CT molecular complexity index is 995. The Morgan fingerprint density at radius 3 is 2.43 bits per heavy atom. The molecule has 3 aromatic rings. The van der Waals surface area contributed by atoms with Crippen LogP contribution in [0, 0.1) is 0 Å². The maximum Gasteiger partial charge on any atom is 0.162 e. The molecular weight excluding hydrogens is 348 g/mol. The van der Waals surface area contributed by atoms with Crippen LogP contribution in [0.1, 0.15) is 30.9 Å². The fourth-order valence-electron chi connectivity index (χ4n) is 2.89. The Morgan fingerprint density at radius 1 is 0.857 bits per heavy atom. The van der Waals surface area contributed by atoms with E-state index in [0.717, 1.165) is 53.5 Å². The van der Waals surface area contributed by atoms with Crippen molar-refractivity contribution in [2.24, 2.45) is 9.98 Å². The molecule has 0 unspecified atom stereocenters. The van der Waals surface area contributed by atoms with Gasteiger partial charge in [0.25, 0.3) is 0 Å². The summed E-state index contributed by atoms with van der Waals surface area (Å²) in [6.07, 6.45) is 5.69. The number of rotatable bonds is 6. The van der Waals surface area contributed by atoms with Crippen molar-refractivity contribution >= 4 is 23.0 Å². The van der Waals surface area contributed by atoms with Gasteiger partial charge < -0.3 is 10.1 Å². The molecule has 0 saturated heterocycles. The Morgan fingerprint density at radius 2 is 1.64 bits per heavy atom. The van der Waals surface area contributed by atoms with E-state index in [0.29, 0.717) is 5.84 Å². The van der Waals surface area contributed by atoms with Crippen molar-refractivity contribution in [3.05, 3.63) is 84.2 Å². The van der Waals surface area contributed by atoms with E-state index in [4.69, 9.17) is 14.7 Å². The number of pyridine rings is 1. The topological polar surface area (TPSA) is 58.9 Å². The highest BCUT2D eigenvalue weighted by Gasteiger charge is 2.15. The van der Waals surface area contributed by atoms with Gasteiger partial charge in [-0.15, -0.1) is 0 Å². The Kier molecular flexibility index (Phi) is 5.43. The van der Waals surface area contributed by atoms with E-state index in [2.05, 4.69) is 17.2 Å². The molecule has 140 valence electrons. The van der Waals surface area contributed by atoms with E-state index in [1.807, 2.05) is 60.7 Å². The molecule has 2 heterocycles. The average Bonchev–Trinajstić information content (AvgIpc) is 2.95. The third-order valence-corrected chi connectivity index (χ3v) is 4.43. The number of ether oxygens (including phenoxy) is 1. The first-order chi connectivity index (χ1) is 13.8. The Hall–Kier alpha value is -3.47. The molecule has 4 rings (SSSR count). The molecule has 0 aliphatic carbocycles. The van der Waals surface area contributed by atoms with Gasteiger partial charge in [0, 0.05) is 23.5 Å². The molecule has 0 saturated carbocycles. The van der Waals surface area contributed by atoms with Crippen LogP contribution in [-0.4, -0.2) is 23.3 Å². The predicted octanol–water partition coefficient (Wildman–Crippen LogP) is 5.21. The number of aromatic nitrogens is 1. The summed E-state index contributed by atoms with van der Waals surface area (Å²) in [5.41, 5.74) is 3.67. The van der Waals surface area contributed by atoms with Gasteiger partial charge in [-0.2, -0.15) is 0 Å². The Labute approximate surface area is 164 Å². The van der Waals surface area contributed by atoms with Crippen LogP contribution in [0.2, 0.25) is 0 Å². The number of nitrogens with zero attached hydrogens (tertiary/aromatic N) is 3. The van der Waals surface area contributed by atoms with Crippen LogP contribution in [0.5, 0.6) is 5.75 Å². The van der Waals surface area contributed by atoms with Crippen LogP contribution in [0.25, 0.3) is 0 Å². The van der Waals surface area contributed by atoms with Gasteiger partial charge in [0.1, 0.15) is 11.6 Å². The summed E-state index contributed by atoms with van der Waals surface area (Å²) < 4.78 is 5.77. The van der Waals surface area contributed by atoms with Gasteiger partial charge in [0.15, 0.2) is 5.84 Å². The van der Waals surface area contributed by atoms with Gasteiger partial charge in [0.2, 0.25) is 0 Å². The molecule has 0 fully saturated rings. The maximum absolute atomic E-state index is 5.77. The summed E-state index contributed by atoms with van der Waals surface area (Å²) in [5, 5.41) is 3.40. The van der Waals surface area contributed by atoms with E-state index in [1.165, 1.54) is 0 Å². The summed E-state index contributed by atoms with van der Waals surface area (Å²) >= 11 is 0. The molecule has 0 bridgehead atoms. The first-order valence-electron chi connectivity index (χ1n) is 9.50. The summed E-state index contributed by atoms with van der Waals surface area (Å²) in [5.74, 6) is 2.27. The van der Waals surface area contributed by atoms with Crippen molar-refractivity contribution in [3.8, 4) is 5.75 Å². The minimum absolute atomic E-state index is 0.657. The van der Waals surface area contributed by atoms with Crippen LogP contribution in [-0.2, 0) is 0 Å². The largest absolute Gasteiger partial charge is 0.494 e. The van der Waals surface area contributed by atoms with Gasteiger partial charge in [-0.1, -0.05) is 25.5 Å². The van der Waals surface area contributed by atoms with E-state index in [9.17, 15) is 0 Å². The number of hydrogen-bond donors (Lipinski definition) is 1. The number of anilines is 1. The van der Waals surface area contributed by atoms with E-state index < -0.39 is 0 Å². The third-order valence-electron chi connectivity index (χ3n) is 4.43. The highest BCUT2D eigenvalue weighted by molar-refractivity contribution is 6.19. The summed E-state index contributed by atoms with van der Waals surface area (Å²) in [4.78, 5) is 13.7. The molecule has 1 aromatic heterocycles. The molecule has 2 aromatic carbocycles. The average molecular weight is 370 g/mol. The highest BCUT2D eigenvalue weighted by Crippen LogP contribution is 2.29. The molecule has 1 N–H and O–H groups in total. The number of para-hydroxylation sites is 2. The second kappa shape index (κ2) is 8.48. The molecule has 0 atom stereocenters. The number of hydrogen-bond acceptors (Lipinski definition) is 5. The zero-order chi connectivity index (χ0) is 19.2. The second-order valence-corrected chi connectivity index (χ2v) is 6.50. The minimum atomic E-state index is 0.657. The van der Waals surface area contributed by atoms with Crippen molar-refractivity contribution in [2.45, 2.75) is 19.8 Å². The quantitative estimate of drug-likeness (QED) is 0.606. The fraction of sp³-hybridized carbons (Fsp3) is 0.174. The van der Waals surface area contributed by atoms with Gasteiger partial charge in [0.05, 0.1) is 18.0 Å². The predicted molar refractivity (Wildman–Crippen MR) is 114 cm³/mol. The zero-order valence-electron chi connectivity index (χ0n) is 15.8. The van der Waals surface area contributed by atoms with Crippen molar-refractivity contribution in [2.75, 3.05) is 11.9 Å². The first kappa shape index (κ1) is 17.9. The summed E-state index contributed by atoms with van der Waals surface area (Å²) in [7, 11) is 0. The van der Waals surface area contributed by atoms with Crippen molar-refractivity contribution < 1.29 is 4.74 Å². The molecule has 1 aliphatic rings. The van der Waals surface area contributed by atoms with Gasteiger partial charge in [-0.3, -0.25) is 4.98 Å². The summed E-state index contributed by atoms with van der Waals surface area (Å²) in [6.45, 7) is 2.89. The van der Waals surface area contributed by atoms with E-state index in [1.54, 1.807) is 12.4 Å². The molecule has 1 aliphatic heterocycles. The number of amidine groups is 2. The highest BCUT2D eigenvalue weighted by atomic mass is 16.5. The lowest BCUT2D eigenvalue weighted by Gasteiger charge is -2.09. The maximum atomic E-state index is 5.77. The van der Waals surface area contributed by atoms with Crippen molar-refractivity contribution in [1.82, 2.24) is 4.98 Å². The lowest BCUT2D eigenvalue weighted by molar-refractivity contribution is 0.309. The van der Waals surface area contributed by atoms with Crippen LogP contribution < -0.4 is 10.1 Å². The van der Waals surface area contributed by atoms with Crippen LogP contribution in [0.15, 0.2) is 83.0 Å². The summed E-state index contributed by atoms with van der Waals surface area (Å²) in [6, 6.07) is 19.8. The normalized spacial score (nSPS) is 12.9. The SMILES string of the molecule is CCCCOc1ccc(C2=Nc3ccccc3NC(c3ccncc3)=N2)cc1. The molecule has 5 nitrogen and oxygen atoms in total. The molecule has 0 amide bonds. The zero-order valence-corrected chi connectivity index (χ0v) is 15.8. The molecule has 0 spiro atoms. The molecule has 5 heteroatoms. The van der Waals surface area contributed by atoms with Crippen LogP contribution in [0.4, 0.5) is 11.4 Å². The van der Waals surface area contributed by atoms with Gasteiger partial charge in [-0.25, -0.2) is 9.98 Å². The fourth-order valence-corrected chi connectivity index (χ4v) is 2.89. The number of benzene rings is 2. The monoisotopic (exact) mass is 370 g/mol. The standard InChI is InChI=1S/C23H22N4O/c1-2-3-16-28-19-10-8-17(9-11-19)22-25-20-6-4-5-7-21(20)26-23(27-22)18-12-14-24-15-13-18/h4-15H,2-3,16H2,1H3,(H,25,26,27).